The maximum atomic E-state index is 11.1. The molecule has 2 rings (SSSR count). The summed E-state index contributed by atoms with van der Waals surface area (Å²) in [7, 11) is 3.08. The van der Waals surface area contributed by atoms with E-state index < -0.39 is 5.91 Å². The van der Waals surface area contributed by atoms with Gasteiger partial charge in [-0.15, -0.1) is 0 Å². The van der Waals surface area contributed by atoms with Gasteiger partial charge in [-0.3, -0.25) is 4.79 Å². The summed E-state index contributed by atoms with van der Waals surface area (Å²) in [6.45, 7) is 0.597. The Bertz CT molecular complexity index is 871. The fourth-order valence-electron chi connectivity index (χ4n) is 2.26. The highest BCUT2D eigenvalue weighted by Crippen LogP contribution is 2.29. The number of nitrogens with two attached hydrogens (primary N) is 1. The summed E-state index contributed by atoms with van der Waals surface area (Å²) >= 11 is 0. The van der Waals surface area contributed by atoms with E-state index in [1.807, 2.05) is 24.3 Å². The number of amides is 1. The normalized spacial score (nSPS) is 10.6. The maximum Gasteiger partial charge on any atom is 0.259 e. The molecular formula is C20H20N2O5. The van der Waals surface area contributed by atoms with Crippen molar-refractivity contribution >= 4 is 12.0 Å². The zero-order valence-corrected chi connectivity index (χ0v) is 15.1. The highest BCUT2D eigenvalue weighted by Gasteiger charge is 2.08. The van der Waals surface area contributed by atoms with E-state index in [0.29, 0.717) is 35.2 Å². The van der Waals surface area contributed by atoms with Crippen molar-refractivity contribution in [2.45, 2.75) is 0 Å². The Morgan fingerprint density at radius 2 is 1.59 bits per heavy atom. The lowest BCUT2D eigenvalue weighted by atomic mass is 10.1. The molecule has 0 aromatic heterocycles. The summed E-state index contributed by atoms with van der Waals surface area (Å²) < 4.78 is 21.9. The predicted octanol–water partition coefficient (Wildman–Crippen LogP) is 2.55. The molecule has 0 unspecified atom stereocenters. The predicted molar refractivity (Wildman–Crippen MR) is 99.8 cm³/mol. The van der Waals surface area contributed by atoms with E-state index in [2.05, 4.69) is 0 Å². The maximum absolute atomic E-state index is 11.1. The van der Waals surface area contributed by atoms with Gasteiger partial charge in [-0.2, -0.15) is 5.26 Å². The number of benzene rings is 2. The van der Waals surface area contributed by atoms with E-state index >= 15 is 0 Å². The van der Waals surface area contributed by atoms with Crippen LogP contribution in [0.3, 0.4) is 0 Å². The monoisotopic (exact) mass is 368 g/mol. The number of hydrogen-bond acceptors (Lipinski definition) is 6. The van der Waals surface area contributed by atoms with E-state index in [1.165, 1.54) is 13.2 Å². The molecule has 0 saturated carbocycles. The van der Waals surface area contributed by atoms with Crippen molar-refractivity contribution < 1.29 is 23.7 Å². The van der Waals surface area contributed by atoms with Crippen molar-refractivity contribution in [1.82, 2.24) is 0 Å². The van der Waals surface area contributed by atoms with Gasteiger partial charge in [-0.25, -0.2) is 0 Å². The molecule has 0 aliphatic rings. The smallest absolute Gasteiger partial charge is 0.259 e. The fraction of sp³-hybridized carbons (Fsp3) is 0.200. The van der Waals surface area contributed by atoms with Gasteiger partial charge < -0.3 is 24.7 Å². The van der Waals surface area contributed by atoms with Gasteiger partial charge in [0.1, 0.15) is 24.9 Å². The van der Waals surface area contributed by atoms with Gasteiger partial charge in [0.15, 0.2) is 23.0 Å². The van der Waals surface area contributed by atoms with Gasteiger partial charge in [-0.1, -0.05) is 18.2 Å². The topological polar surface area (TPSA) is 104 Å². The average molecular weight is 368 g/mol. The first-order chi connectivity index (χ1) is 13.1. The first-order valence-electron chi connectivity index (χ1n) is 8.07. The minimum Gasteiger partial charge on any atom is -0.493 e. The zero-order valence-electron chi connectivity index (χ0n) is 15.1. The van der Waals surface area contributed by atoms with E-state index in [-0.39, 0.29) is 12.2 Å². The van der Waals surface area contributed by atoms with E-state index in [0.717, 1.165) is 0 Å². The molecule has 0 bridgehead atoms. The Kier molecular flexibility index (Phi) is 7.08. The Labute approximate surface area is 157 Å². The minimum absolute atomic E-state index is 0.143. The molecule has 0 aliphatic heterocycles. The molecule has 27 heavy (non-hydrogen) atoms. The van der Waals surface area contributed by atoms with E-state index in [4.69, 9.17) is 29.9 Å². The number of carbonyl (C=O) groups is 1. The molecule has 2 aromatic rings. The van der Waals surface area contributed by atoms with Gasteiger partial charge in [-0.05, 0) is 35.9 Å². The average Bonchev–Trinajstić information content (AvgIpc) is 2.69. The number of ether oxygens (including phenoxy) is 4. The Morgan fingerprint density at radius 1 is 1.00 bits per heavy atom. The third kappa shape index (κ3) is 5.41. The zero-order chi connectivity index (χ0) is 19.6. The summed E-state index contributed by atoms with van der Waals surface area (Å²) in [6.07, 6.45) is 1.39. The minimum atomic E-state index is -0.787. The fourth-order valence-corrected chi connectivity index (χ4v) is 2.26. The van der Waals surface area contributed by atoms with Crippen LogP contribution in [0.1, 0.15) is 5.56 Å². The van der Waals surface area contributed by atoms with Gasteiger partial charge in [0.2, 0.25) is 0 Å². The molecule has 0 aliphatic carbocycles. The number of nitriles is 1. The third-order valence-electron chi connectivity index (χ3n) is 3.55. The molecule has 7 heteroatoms. The molecule has 0 heterocycles. The highest BCUT2D eigenvalue weighted by atomic mass is 16.5. The summed E-state index contributed by atoms with van der Waals surface area (Å²) in [5.41, 5.74) is 5.59. The summed E-state index contributed by atoms with van der Waals surface area (Å²) in [5.74, 6) is 1.46. The molecule has 0 saturated heterocycles. The quantitative estimate of drug-likeness (QED) is 0.414. The molecule has 2 aromatic carbocycles. The number of rotatable bonds is 9. The first-order valence-corrected chi connectivity index (χ1v) is 8.07. The van der Waals surface area contributed by atoms with Crippen LogP contribution in [-0.4, -0.2) is 33.3 Å². The van der Waals surface area contributed by atoms with Crippen molar-refractivity contribution in [3.8, 4) is 29.1 Å². The molecular weight excluding hydrogens is 348 g/mol. The lowest BCUT2D eigenvalue weighted by Gasteiger charge is -2.13. The molecule has 1 amide bonds. The van der Waals surface area contributed by atoms with Crippen LogP contribution in [0.15, 0.2) is 48.0 Å². The standard InChI is InChI=1S/C20H20N2O5/c1-24-16-5-3-4-6-17(16)26-9-10-27-18-8-7-14(12-19(18)25-2)11-15(13-21)20(22)23/h3-8,11-12H,9-10H2,1-2H3,(H2,22,23). The number of carbonyl (C=O) groups excluding carboxylic acids is 1. The molecule has 0 atom stereocenters. The van der Waals surface area contributed by atoms with Crippen LogP contribution in [0.4, 0.5) is 0 Å². The van der Waals surface area contributed by atoms with Gasteiger partial charge >= 0.3 is 0 Å². The molecule has 0 fully saturated rings. The van der Waals surface area contributed by atoms with Crippen molar-refractivity contribution in [2.75, 3.05) is 27.4 Å². The van der Waals surface area contributed by atoms with Crippen LogP contribution in [0, 0.1) is 11.3 Å². The van der Waals surface area contributed by atoms with Crippen LogP contribution in [0.25, 0.3) is 6.08 Å². The summed E-state index contributed by atoms with van der Waals surface area (Å²) in [5, 5.41) is 8.92. The Morgan fingerprint density at radius 3 is 2.15 bits per heavy atom. The molecule has 0 radical (unpaired) electrons. The molecule has 2 N–H and O–H groups in total. The number of nitrogens with zero attached hydrogens (tertiary/aromatic N) is 1. The number of primary amides is 1. The van der Waals surface area contributed by atoms with Crippen LogP contribution in [-0.2, 0) is 4.79 Å². The Balaban J connectivity index is 2.00. The first kappa shape index (κ1) is 19.7. The summed E-state index contributed by atoms with van der Waals surface area (Å²) in [4.78, 5) is 11.1. The van der Waals surface area contributed by atoms with Crippen LogP contribution >= 0.6 is 0 Å². The van der Waals surface area contributed by atoms with Crippen LogP contribution in [0.2, 0.25) is 0 Å². The molecule has 0 spiro atoms. The van der Waals surface area contributed by atoms with Crippen LogP contribution < -0.4 is 24.7 Å². The lowest BCUT2D eigenvalue weighted by Crippen LogP contribution is -2.12. The number of para-hydroxylation sites is 2. The van der Waals surface area contributed by atoms with Crippen LogP contribution in [0.5, 0.6) is 23.0 Å². The second kappa shape index (κ2) is 9.73. The third-order valence-corrected chi connectivity index (χ3v) is 3.55. The molecule has 140 valence electrons. The van der Waals surface area contributed by atoms with E-state index in [9.17, 15) is 4.79 Å². The number of hydrogen-bond donors (Lipinski definition) is 1. The van der Waals surface area contributed by atoms with Crippen molar-refractivity contribution in [3.63, 3.8) is 0 Å². The van der Waals surface area contributed by atoms with Gasteiger partial charge in [0.05, 0.1) is 14.2 Å². The second-order valence-electron chi connectivity index (χ2n) is 5.29. The van der Waals surface area contributed by atoms with E-state index in [1.54, 1.807) is 31.4 Å². The van der Waals surface area contributed by atoms with Crippen molar-refractivity contribution in [3.05, 3.63) is 53.6 Å². The summed E-state index contributed by atoms with van der Waals surface area (Å²) in [6, 6.07) is 14.1. The SMILES string of the molecule is COc1ccccc1OCCOc1ccc(C=C(C#N)C(N)=O)cc1OC. The lowest BCUT2D eigenvalue weighted by molar-refractivity contribution is -0.114. The Hall–Kier alpha value is -3.66. The highest BCUT2D eigenvalue weighted by molar-refractivity contribution is 6.00. The number of methoxy groups -OCH3 is 2. The molecule has 7 nitrogen and oxygen atoms in total. The van der Waals surface area contributed by atoms with Crippen molar-refractivity contribution in [2.24, 2.45) is 5.73 Å². The van der Waals surface area contributed by atoms with Gasteiger partial charge in [0.25, 0.3) is 5.91 Å². The van der Waals surface area contributed by atoms with Gasteiger partial charge in [0, 0.05) is 0 Å². The van der Waals surface area contributed by atoms with Crippen molar-refractivity contribution in [1.29, 1.82) is 5.26 Å². The largest absolute Gasteiger partial charge is 0.493 e. The second-order valence-corrected chi connectivity index (χ2v) is 5.29.